The van der Waals surface area contributed by atoms with Crippen molar-refractivity contribution in [1.29, 1.82) is 0 Å². The number of thiophene rings is 1. The van der Waals surface area contributed by atoms with Gasteiger partial charge in [0, 0.05) is 48.0 Å². The third-order valence-electron chi connectivity index (χ3n) is 5.95. The maximum atomic E-state index is 10.8. The largest absolute Gasteiger partial charge is 0.492 e. The first-order chi connectivity index (χ1) is 14.5. The molecule has 6 N–H and O–H groups in total. The molecule has 0 bridgehead atoms. The van der Waals surface area contributed by atoms with E-state index in [-0.39, 0.29) is 12.1 Å². The first-order valence-electron chi connectivity index (χ1n) is 10.3. The summed E-state index contributed by atoms with van der Waals surface area (Å²) in [5.74, 6) is 0.918. The summed E-state index contributed by atoms with van der Waals surface area (Å²) in [5, 5.41) is 15.0. The van der Waals surface area contributed by atoms with Gasteiger partial charge in [0.05, 0.1) is 10.6 Å². The summed E-state index contributed by atoms with van der Waals surface area (Å²) < 4.78 is 6.03. The molecule has 0 amide bonds. The van der Waals surface area contributed by atoms with Gasteiger partial charge in [0.25, 0.3) is 0 Å². The highest BCUT2D eigenvalue weighted by molar-refractivity contribution is 7.19. The van der Waals surface area contributed by atoms with Gasteiger partial charge in [-0.1, -0.05) is 6.07 Å². The molecule has 1 saturated heterocycles. The van der Waals surface area contributed by atoms with Gasteiger partial charge in [0.2, 0.25) is 0 Å². The average molecular weight is 426 g/mol. The Morgan fingerprint density at radius 1 is 1.33 bits per heavy atom. The molecule has 8 heteroatoms. The Morgan fingerprint density at radius 3 is 3.00 bits per heavy atom. The predicted octanol–water partition coefficient (Wildman–Crippen LogP) is 2.31. The monoisotopic (exact) mass is 425 g/mol. The number of benzene rings is 1. The summed E-state index contributed by atoms with van der Waals surface area (Å²) in [4.78, 5) is 8.39. The number of anilines is 2. The van der Waals surface area contributed by atoms with Crippen LogP contribution >= 0.6 is 11.3 Å². The molecule has 1 aromatic carbocycles. The number of aliphatic hydroxyl groups excluding tert-OH is 1. The Kier molecular flexibility index (Phi) is 5.02. The fourth-order valence-electron chi connectivity index (χ4n) is 4.30. The standard InChI is InChI=1S/C22H27N5O2S/c1-12-2-5-17-19(24)20(30-22(17)25-12)21(28)26-15-8-13-3-4-16(9-18(13)29-11-15)27-7-6-14(23)10-27/h2-5,9,14-15,21,26,28H,6-8,10-11,23-24H2,1H3/t14-,15-,21?/m1/s1. The van der Waals surface area contributed by atoms with Crippen LogP contribution in [-0.2, 0) is 6.42 Å². The maximum absolute atomic E-state index is 10.8. The molecule has 0 spiro atoms. The summed E-state index contributed by atoms with van der Waals surface area (Å²) >= 11 is 1.43. The van der Waals surface area contributed by atoms with Gasteiger partial charge in [-0.3, -0.25) is 5.32 Å². The molecular weight excluding hydrogens is 398 g/mol. The molecule has 1 fully saturated rings. The number of nitrogen functional groups attached to an aromatic ring is 1. The number of fused-ring (bicyclic) bond motifs is 2. The van der Waals surface area contributed by atoms with Crippen LogP contribution in [0.4, 0.5) is 11.4 Å². The summed E-state index contributed by atoms with van der Waals surface area (Å²) in [5.41, 5.74) is 16.1. The fraction of sp³-hybridized carbons (Fsp3) is 0.409. The van der Waals surface area contributed by atoms with Crippen LogP contribution in [0.15, 0.2) is 30.3 Å². The zero-order chi connectivity index (χ0) is 20.8. The third-order valence-corrected chi connectivity index (χ3v) is 7.12. The minimum absolute atomic E-state index is 0.00198. The number of aromatic nitrogens is 1. The number of pyridine rings is 1. The molecule has 3 atom stereocenters. The van der Waals surface area contributed by atoms with Crippen LogP contribution in [0.3, 0.4) is 0 Å². The van der Waals surface area contributed by atoms with Gasteiger partial charge in [-0.25, -0.2) is 4.98 Å². The second-order valence-electron chi connectivity index (χ2n) is 8.25. The number of ether oxygens (including phenoxy) is 1. The normalized spacial score (nSPS) is 22.2. The molecule has 0 radical (unpaired) electrons. The molecule has 7 nitrogen and oxygen atoms in total. The van der Waals surface area contributed by atoms with Crippen molar-refractivity contribution in [3.05, 3.63) is 46.5 Å². The van der Waals surface area contributed by atoms with Crippen molar-refractivity contribution in [1.82, 2.24) is 10.3 Å². The number of aliphatic hydroxyl groups is 1. The smallest absolute Gasteiger partial charge is 0.142 e. The van der Waals surface area contributed by atoms with Crippen molar-refractivity contribution in [2.75, 3.05) is 30.3 Å². The Morgan fingerprint density at radius 2 is 2.20 bits per heavy atom. The molecular formula is C22H27N5O2S. The molecule has 30 heavy (non-hydrogen) atoms. The number of nitrogens with zero attached hydrogens (tertiary/aromatic N) is 2. The van der Waals surface area contributed by atoms with Crippen molar-refractivity contribution >= 4 is 32.9 Å². The lowest BCUT2D eigenvalue weighted by molar-refractivity contribution is 0.106. The van der Waals surface area contributed by atoms with E-state index in [1.54, 1.807) is 0 Å². The van der Waals surface area contributed by atoms with E-state index in [0.717, 1.165) is 58.8 Å². The second kappa shape index (κ2) is 7.70. The van der Waals surface area contributed by atoms with Crippen molar-refractivity contribution in [2.45, 2.75) is 38.1 Å². The third kappa shape index (κ3) is 3.60. The highest BCUT2D eigenvalue weighted by Gasteiger charge is 2.26. The molecule has 2 aromatic heterocycles. The Balaban J connectivity index is 1.29. The van der Waals surface area contributed by atoms with Gasteiger partial charge in [-0.2, -0.15) is 0 Å². The molecule has 158 valence electrons. The first-order valence-corrected chi connectivity index (χ1v) is 11.2. The summed E-state index contributed by atoms with van der Waals surface area (Å²) in [6.45, 7) is 4.32. The van der Waals surface area contributed by atoms with Crippen LogP contribution in [0.2, 0.25) is 0 Å². The van der Waals surface area contributed by atoms with Crippen LogP contribution in [0.5, 0.6) is 5.75 Å². The topological polar surface area (TPSA) is 110 Å². The zero-order valence-electron chi connectivity index (χ0n) is 17.0. The van der Waals surface area contributed by atoms with Gasteiger partial charge in [0.1, 0.15) is 23.4 Å². The van der Waals surface area contributed by atoms with Gasteiger partial charge in [-0.15, -0.1) is 11.3 Å². The summed E-state index contributed by atoms with van der Waals surface area (Å²) in [6.07, 6.45) is 0.955. The molecule has 0 aliphatic carbocycles. The molecule has 1 unspecified atom stereocenters. The summed E-state index contributed by atoms with van der Waals surface area (Å²) in [7, 11) is 0. The molecule has 0 saturated carbocycles. The number of aryl methyl sites for hydroxylation is 1. The second-order valence-corrected chi connectivity index (χ2v) is 9.28. The lowest BCUT2D eigenvalue weighted by Gasteiger charge is -2.29. The van der Waals surface area contributed by atoms with Gasteiger partial charge < -0.3 is 26.2 Å². The van der Waals surface area contributed by atoms with Crippen molar-refractivity contribution in [3.63, 3.8) is 0 Å². The van der Waals surface area contributed by atoms with Crippen LogP contribution in [-0.4, -0.2) is 41.9 Å². The molecule has 2 aliphatic rings. The number of nitrogens with one attached hydrogen (secondary N) is 1. The van der Waals surface area contributed by atoms with E-state index in [4.69, 9.17) is 16.2 Å². The van der Waals surface area contributed by atoms with E-state index in [9.17, 15) is 5.11 Å². The Bertz CT molecular complexity index is 1080. The van der Waals surface area contributed by atoms with E-state index in [0.29, 0.717) is 17.2 Å². The van der Waals surface area contributed by atoms with Crippen LogP contribution in [0, 0.1) is 6.92 Å². The van der Waals surface area contributed by atoms with Crippen molar-refractivity contribution in [2.24, 2.45) is 5.73 Å². The molecule has 3 aromatic rings. The maximum Gasteiger partial charge on any atom is 0.142 e. The summed E-state index contributed by atoms with van der Waals surface area (Å²) in [6, 6.07) is 10.5. The van der Waals surface area contributed by atoms with E-state index < -0.39 is 6.23 Å². The van der Waals surface area contributed by atoms with Crippen molar-refractivity contribution < 1.29 is 9.84 Å². The number of hydrogen-bond donors (Lipinski definition) is 4. The quantitative estimate of drug-likeness (QED) is 0.475. The first kappa shape index (κ1) is 19.6. The number of rotatable bonds is 4. The predicted molar refractivity (Wildman–Crippen MR) is 121 cm³/mol. The highest BCUT2D eigenvalue weighted by atomic mass is 32.1. The molecule has 5 rings (SSSR count). The minimum atomic E-state index is -0.856. The number of hydrogen-bond acceptors (Lipinski definition) is 8. The van der Waals surface area contributed by atoms with Crippen LogP contribution < -0.4 is 26.4 Å². The SMILES string of the molecule is Cc1ccc2c(N)c(C(O)N[C@H]3COc4cc(N5CC[C@@H](N)C5)ccc4C3)sc2n1. The van der Waals surface area contributed by atoms with Gasteiger partial charge in [-0.05, 0) is 43.5 Å². The van der Waals surface area contributed by atoms with E-state index in [1.807, 2.05) is 19.1 Å². The van der Waals surface area contributed by atoms with Crippen LogP contribution in [0.1, 0.15) is 28.8 Å². The van der Waals surface area contributed by atoms with Crippen molar-refractivity contribution in [3.8, 4) is 5.75 Å². The molecule has 2 aliphatic heterocycles. The van der Waals surface area contributed by atoms with E-state index in [1.165, 1.54) is 11.3 Å². The Hall–Kier alpha value is -2.39. The highest BCUT2D eigenvalue weighted by Crippen LogP contribution is 2.37. The van der Waals surface area contributed by atoms with Crippen LogP contribution in [0.25, 0.3) is 10.2 Å². The van der Waals surface area contributed by atoms with Gasteiger partial charge in [0.15, 0.2) is 0 Å². The van der Waals surface area contributed by atoms with E-state index in [2.05, 4.69) is 33.4 Å². The lowest BCUT2D eigenvalue weighted by Crippen LogP contribution is -2.41. The average Bonchev–Trinajstić information content (AvgIpc) is 3.31. The minimum Gasteiger partial charge on any atom is -0.492 e. The molecule has 4 heterocycles. The van der Waals surface area contributed by atoms with E-state index >= 15 is 0 Å². The zero-order valence-corrected chi connectivity index (χ0v) is 17.8. The Labute approximate surface area is 179 Å². The fourth-order valence-corrected chi connectivity index (χ4v) is 5.38. The van der Waals surface area contributed by atoms with Gasteiger partial charge >= 0.3 is 0 Å². The number of nitrogens with two attached hydrogens (primary N) is 2. The lowest BCUT2D eigenvalue weighted by atomic mass is 10.0.